The van der Waals surface area contributed by atoms with E-state index in [1.807, 2.05) is 37.3 Å². The van der Waals surface area contributed by atoms with E-state index < -0.39 is 10.0 Å². The van der Waals surface area contributed by atoms with Crippen LogP contribution in [0, 0.1) is 0 Å². The molecule has 128 valence electrons. The first-order chi connectivity index (χ1) is 12.0. The van der Waals surface area contributed by atoms with Gasteiger partial charge in [-0.3, -0.25) is 4.72 Å². The van der Waals surface area contributed by atoms with Crippen LogP contribution in [0.15, 0.2) is 83.9 Å². The molecule has 0 bridgehead atoms. The highest BCUT2D eigenvalue weighted by molar-refractivity contribution is 7.92. The quantitative estimate of drug-likeness (QED) is 0.701. The number of rotatable bonds is 6. The van der Waals surface area contributed by atoms with E-state index in [1.54, 1.807) is 42.5 Å². The molecule has 25 heavy (non-hydrogen) atoms. The fraction of sp³-hybridized carbons (Fsp3) is 0.105. The van der Waals surface area contributed by atoms with E-state index in [0.29, 0.717) is 11.5 Å². The lowest BCUT2D eigenvalue weighted by Crippen LogP contribution is -2.13. The minimum absolute atomic E-state index is 0.0977. The number of nitrogens with one attached hydrogen (secondary N) is 2. The molecule has 0 spiro atoms. The third-order valence-electron chi connectivity index (χ3n) is 3.73. The first-order valence-corrected chi connectivity index (χ1v) is 9.38. The van der Waals surface area contributed by atoms with Crippen LogP contribution in [0.25, 0.3) is 0 Å². The Hall–Kier alpha value is -2.86. The van der Waals surface area contributed by atoms with Gasteiger partial charge in [0, 0.05) is 6.04 Å². The van der Waals surface area contributed by atoms with E-state index in [2.05, 4.69) is 15.0 Å². The Kier molecular flexibility index (Phi) is 5.00. The molecular weight excluding hydrogens is 334 g/mol. The Bertz CT molecular complexity index is 912. The molecule has 0 radical (unpaired) electrons. The summed E-state index contributed by atoms with van der Waals surface area (Å²) in [6.45, 7) is 2.04. The van der Waals surface area contributed by atoms with E-state index >= 15 is 0 Å². The van der Waals surface area contributed by atoms with Gasteiger partial charge in [-0.05, 0) is 36.8 Å². The Labute approximate surface area is 147 Å². The van der Waals surface area contributed by atoms with Crippen LogP contribution in [-0.4, -0.2) is 13.4 Å². The Morgan fingerprint density at radius 3 is 2.12 bits per heavy atom. The summed E-state index contributed by atoms with van der Waals surface area (Å²) < 4.78 is 27.1. The fourth-order valence-corrected chi connectivity index (χ4v) is 3.46. The van der Waals surface area contributed by atoms with Gasteiger partial charge >= 0.3 is 0 Å². The molecule has 2 N–H and O–H groups in total. The highest BCUT2D eigenvalue weighted by Crippen LogP contribution is 2.20. The number of hydrogen-bond acceptors (Lipinski definition) is 4. The Morgan fingerprint density at radius 1 is 0.880 bits per heavy atom. The number of anilines is 2. The lowest BCUT2D eigenvalue weighted by molar-refractivity contribution is 0.601. The monoisotopic (exact) mass is 353 g/mol. The number of sulfonamides is 1. The number of nitrogens with zero attached hydrogens (tertiary/aromatic N) is 1. The molecule has 3 aromatic rings. The summed E-state index contributed by atoms with van der Waals surface area (Å²) in [5.74, 6) is 0.680. The van der Waals surface area contributed by atoms with Gasteiger partial charge in [0.2, 0.25) is 0 Å². The number of hydrogen-bond donors (Lipinski definition) is 2. The normalized spacial score (nSPS) is 12.4. The lowest BCUT2D eigenvalue weighted by atomic mass is 10.1. The summed E-state index contributed by atoms with van der Waals surface area (Å²) in [6.07, 6.45) is 1.50. The maximum atomic E-state index is 12.3. The largest absolute Gasteiger partial charge is 0.364 e. The van der Waals surface area contributed by atoms with E-state index in [4.69, 9.17) is 0 Å². The van der Waals surface area contributed by atoms with Gasteiger partial charge in [-0.15, -0.1) is 0 Å². The molecule has 0 aliphatic rings. The number of aromatic nitrogens is 1. The van der Waals surface area contributed by atoms with Crippen molar-refractivity contribution >= 4 is 21.5 Å². The van der Waals surface area contributed by atoms with Crippen LogP contribution in [0.3, 0.4) is 0 Å². The van der Waals surface area contributed by atoms with Crippen LogP contribution in [0.2, 0.25) is 0 Å². The number of benzene rings is 2. The molecule has 0 amide bonds. The minimum Gasteiger partial charge on any atom is -0.364 e. The van der Waals surface area contributed by atoms with E-state index in [1.165, 1.54) is 6.20 Å². The van der Waals surface area contributed by atoms with Crippen LogP contribution in [0.1, 0.15) is 18.5 Å². The average Bonchev–Trinajstić information content (AvgIpc) is 2.64. The van der Waals surface area contributed by atoms with Crippen molar-refractivity contribution in [2.45, 2.75) is 17.9 Å². The summed E-state index contributed by atoms with van der Waals surface area (Å²) in [4.78, 5) is 4.50. The van der Waals surface area contributed by atoms with Gasteiger partial charge in [-0.25, -0.2) is 13.4 Å². The highest BCUT2D eigenvalue weighted by atomic mass is 32.2. The predicted molar refractivity (Wildman–Crippen MR) is 100.0 cm³/mol. The van der Waals surface area contributed by atoms with Crippen molar-refractivity contribution in [3.05, 3.63) is 84.6 Å². The molecule has 0 saturated carbocycles. The molecule has 0 saturated heterocycles. The average molecular weight is 353 g/mol. The molecule has 3 rings (SSSR count). The topological polar surface area (TPSA) is 71.1 Å². The first kappa shape index (κ1) is 17.0. The molecule has 2 aromatic carbocycles. The zero-order valence-corrected chi connectivity index (χ0v) is 14.6. The third-order valence-corrected chi connectivity index (χ3v) is 5.13. The van der Waals surface area contributed by atoms with E-state index in [9.17, 15) is 8.42 Å². The summed E-state index contributed by atoms with van der Waals surface area (Å²) in [5, 5.41) is 3.29. The second-order valence-electron chi connectivity index (χ2n) is 5.63. The fourth-order valence-electron chi connectivity index (χ4n) is 2.40. The van der Waals surface area contributed by atoms with Crippen LogP contribution < -0.4 is 10.0 Å². The van der Waals surface area contributed by atoms with Crippen LogP contribution >= 0.6 is 0 Å². The van der Waals surface area contributed by atoms with Gasteiger partial charge in [0.25, 0.3) is 10.0 Å². The molecule has 5 nitrogen and oxygen atoms in total. The van der Waals surface area contributed by atoms with E-state index in [0.717, 1.165) is 5.56 Å². The second kappa shape index (κ2) is 7.36. The van der Waals surface area contributed by atoms with Crippen molar-refractivity contribution in [2.75, 3.05) is 10.0 Å². The molecule has 1 heterocycles. The van der Waals surface area contributed by atoms with Crippen molar-refractivity contribution in [1.82, 2.24) is 4.98 Å². The molecule has 0 aliphatic carbocycles. The van der Waals surface area contributed by atoms with Crippen LogP contribution in [-0.2, 0) is 10.0 Å². The van der Waals surface area contributed by atoms with Crippen LogP contribution in [0.5, 0.6) is 0 Å². The van der Waals surface area contributed by atoms with Crippen molar-refractivity contribution in [3.63, 3.8) is 0 Å². The Balaban J connectivity index is 1.68. The summed E-state index contributed by atoms with van der Waals surface area (Å²) >= 11 is 0. The van der Waals surface area contributed by atoms with Crippen molar-refractivity contribution in [2.24, 2.45) is 0 Å². The minimum atomic E-state index is -3.60. The molecule has 0 fully saturated rings. The molecular formula is C19H19N3O2S. The summed E-state index contributed by atoms with van der Waals surface area (Å²) in [6, 6.07) is 21.8. The van der Waals surface area contributed by atoms with Gasteiger partial charge in [0.15, 0.2) is 0 Å². The van der Waals surface area contributed by atoms with Gasteiger partial charge in [-0.1, -0.05) is 48.5 Å². The highest BCUT2D eigenvalue weighted by Gasteiger charge is 2.13. The van der Waals surface area contributed by atoms with Gasteiger partial charge in [-0.2, -0.15) is 0 Å². The second-order valence-corrected chi connectivity index (χ2v) is 7.31. The molecule has 0 aliphatic heterocycles. The predicted octanol–water partition coefficient (Wildman–Crippen LogP) is 4.06. The van der Waals surface area contributed by atoms with Crippen molar-refractivity contribution in [1.29, 1.82) is 0 Å². The maximum Gasteiger partial charge on any atom is 0.261 e. The Morgan fingerprint density at radius 2 is 1.52 bits per heavy atom. The molecule has 6 heteroatoms. The molecule has 1 aromatic heterocycles. The third kappa shape index (κ3) is 4.36. The smallest absolute Gasteiger partial charge is 0.261 e. The SMILES string of the molecule is CC(Nc1ccc(NS(=O)(=O)c2ccccc2)cn1)c1ccccc1. The van der Waals surface area contributed by atoms with Gasteiger partial charge in [0.1, 0.15) is 5.82 Å². The van der Waals surface area contributed by atoms with Gasteiger partial charge in [0.05, 0.1) is 16.8 Å². The summed E-state index contributed by atoms with van der Waals surface area (Å²) in [7, 11) is -3.60. The van der Waals surface area contributed by atoms with Crippen LogP contribution in [0.4, 0.5) is 11.5 Å². The molecule has 1 atom stereocenters. The lowest BCUT2D eigenvalue weighted by Gasteiger charge is -2.15. The number of pyridine rings is 1. The maximum absolute atomic E-state index is 12.3. The standard InChI is InChI=1S/C19H19N3O2S/c1-15(16-8-4-2-5-9-16)21-19-13-12-17(14-20-19)22-25(23,24)18-10-6-3-7-11-18/h2-15,22H,1H3,(H,20,21). The molecule has 1 unspecified atom stereocenters. The zero-order valence-electron chi connectivity index (χ0n) is 13.8. The van der Waals surface area contributed by atoms with Crippen molar-refractivity contribution < 1.29 is 8.42 Å². The van der Waals surface area contributed by atoms with Crippen molar-refractivity contribution in [3.8, 4) is 0 Å². The van der Waals surface area contributed by atoms with E-state index in [-0.39, 0.29) is 10.9 Å². The first-order valence-electron chi connectivity index (χ1n) is 7.90. The summed E-state index contributed by atoms with van der Waals surface area (Å²) in [5.41, 5.74) is 1.57. The zero-order chi connectivity index (χ0) is 17.7. The van der Waals surface area contributed by atoms with Gasteiger partial charge < -0.3 is 5.32 Å².